The van der Waals surface area contributed by atoms with Crippen molar-refractivity contribution >= 4 is 23.5 Å². The van der Waals surface area contributed by atoms with Gasteiger partial charge in [0, 0.05) is 0 Å². The summed E-state index contributed by atoms with van der Waals surface area (Å²) in [5, 5.41) is 16.5. The van der Waals surface area contributed by atoms with Gasteiger partial charge < -0.3 is 10.1 Å². The molecule has 0 spiro atoms. The molecule has 2 unspecified atom stereocenters. The molecule has 0 saturated heterocycles. The summed E-state index contributed by atoms with van der Waals surface area (Å²) in [6.07, 6.45) is -1.10. The first-order valence-electron chi connectivity index (χ1n) is 9.71. The van der Waals surface area contributed by atoms with Crippen molar-refractivity contribution in [1.29, 1.82) is 5.26 Å². The normalized spacial score (nSPS) is 14.0. The molecule has 8 heteroatoms. The molecule has 30 heavy (non-hydrogen) atoms. The number of hydrogen-bond acceptors (Lipinski definition) is 5. The number of carbonyl (C=O) groups is 2. The predicted molar refractivity (Wildman–Crippen MR) is 114 cm³/mol. The largest absolute Gasteiger partial charge is 0.449 e. The number of hydrogen-bond donors (Lipinski definition) is 1. The van der Waals surface area contributed by atoms with E-state index in [1.165, 1.54) is 11.6 Å². The van der Waals surface area contributed by atoms with E-state index in [4.69, 9.17) is 16.3 Å². The Morgan fingerprint density at radius 2 is 1.87 bits per heavy atom. The second kappa shape index (κ2) is 9.31. The Hall–Kier alpha value is -2.85. The van der Waals surface area contributed by atoms with Gasteiger partial charge in [0.05, 0.1) is 18.3 Å². The fourth-order valence-corrected chi connectivity index (χ4v) is 3.00. The maximum atomic E-state index is 12.7. The maximum Gasteiger partial charge on any atom is 0.343 e. The molecule has 1 heterocycles. The molecule has 1 amide bonds. The Kier molecular flexibility index (Phi) is 7.27. The van der Waals surface area contributed by atoms with E-state index in [1.54, 1.807) is 13.8 Å². The second-order valence-corrected chi connectivity index (χ2v) is 8.26. The number of nitriles is 1. The van der Waals surface area contributed by atoms with Gasteiger partial charge in [-0.1, -0.05) is 55.3 Å². The van der Waals surface area contributed by atoms with Crippen molar-refractivity contribution in [1.82, 2.24) is 15.1 Å². The number of benzene rings is 1. The van der Waals surface area contributed by atoms with E-state index in [2.05, 4.69) is 16.5 Å². The fraction of sp³-hybridized carbons (Fsp3) is 0.455. The predicted octanol–water partition coefficient (Wildman–Crippen LogP) is 3.80. The van der Waals surface area contributed by atoms with Crippen molar-refractivity contribution in [2.24, 2.45) is 5.92 Å². The Balaban J connectivity index is 2.13. The van der Waals surface area contributed by atoms with Crippen LogP contribution in [0.15, 0.2) is 24.3 Å². The zero-order chi connectivity index (χ0) is 22.6. The molecule has 0 radical (unpaired) electrons. The lowest BCUT2D eigenvalue weighted by atomic mass is 9.90. The topological polar surface area (TPSA) is 97.0 Å². The van der Waals surface area contributed by atoms with E-state index in [9.17, 15) is 14.9 Å². The molecular weight excluding hydrogens is 404 g/mol. The molecule has 2 aromatic rings. The third kappa shape index (κ3) is 5.19. The van der Waals surface area contributed by atoms with E-state index in [0.717, 1.165) is 11.1 Å². The third-order valence-corrected chi connectivity index (χ3v) is 5.53. The molecule has 2 rings (SSSR count). The lowest BCUT2D eigenvalue weighted by Gasteiger charge is -2.28. The Morgan fingerprint density at radius 3 is 2.40 bits per heavy atom. The van der Waals surface area contributed by atoms with Gasteiger partial charge in [-0.05, 0) is 39.2 Å². The number of aromatic nitrogens is 2. The van der Waals surface area contributed by atoms with Crippen molar-refractivity contribution in [3.8, 4) is 6.07 Å². The van der Waals surface area contributed by atoms with Gasteiger partial charge >= 0.3 is 5.97 Å². The fourth-order valence-electron chi connectivity index (χ4n) is 2.69. The number of amides is 1. The quantitative estimate of drug-likeness (QED) is 0.674. The van der Waals surface area contributed by atoms with Crippen molar-refractivity contribution in [3.05, 3.63) is 51.8 Å². The number of nitrogens with one attached hydrogen (secondary N) is 1. The minimum absolute atomic E-state index is 0.119. The van der Waals surface area contributed by atoms with Crippen LogP contribution in [-0.2, 0) is 16.1 Å². The molecule has 1 aromatic heterocycles. The van der Waals surface area contributed by atoms with Crippen LogP contribution < -0.4 is 5.32 Å². The van der Waals surface area contributed by atoms with Crippen LogP contribution in [0.3, 0.4) is 0 Å². The van der Waals surface area contributed by atoms with Crippen LogP contribution in [-0.4, -0.2) is 33.3 Å². The van der Waals surface area contributed by atoms with Gasteiger partial charge in [-0.2, -0.15) is 10.4 Å². The van der Waals surface area contributed by atoms with Gasteiger partial charge in [0.2, 0.25) is 0 Å². The van der Waals surface area contributed by atoms with E-state index >= 15 is 0 Å². The molecule has 0 aliphatic carbocycles. The molecule has 1 aromatic carbocycles. The van der Waals surface area contributed by atoms with Crippen LogP contribution in [0.5, 0.6) is 0 Å². The summed E-state index contributed by atoms with van der Waals surface area (Å²) in [7, 11) is 0. The zero-order valence-corrected chi connectivity index (χ0v) is 18.9. The van der Waals surface area contributed by atoms with Gasteiger partial charge in [-0.15, -0.1) is 0 Å². The summed E-state index contributed by atoms with van der Waals surface area (Å²) in [6.45, 7) is 10.8. The standard InChI is InChI=1S/C22H27ClN4O3/c1-13(2)22(6,12-24)25-20(28)16(5)30-21(29)18-15(4)26-27(19(18)23)11-17-9-7-14(3)8-10-17/h7-10,13,16H,11H2,1-6H3,(H,25,28). The number of halogens is 1. The third-order valence-electron chi connectivity index (χ3n) is 5.15. The van der Waals surface area contributed by atoms with Gasteiger partial charge in [0.15, 0.2) is 6.10 Å². The van der Waals surface area contributed by atoms with Gasteiger partial charge in [0.25, 0.3) is 5.91 Å². The van der Waals surface area contributed by atoms with E-state index in [-0.39, 0.29) is 16.6 Å². The lowest BCUT2D eigenvalue weighted by molar-refractivity contribution is -0.130. The Morgan fingerprint density at radius 1 is 1.27 bits per heavy atom. The van der Waals surface area contributed by atoms with Crippen molar-refractivity contribution in [3.63, 3.8) is 0 Å². The molecule has 0 aliphatic rings. The van der Waals surface area contributed by atoms with Crippen LogP contribution in [0.1, 0.15) is 54.9 Å². The average Bonchev–Trinajstić information content (AvgIpc) is 2.96. The molecule has 1 N–H and O–H groups in total. The molecule has 7 nitrogen and oxygen atoms in total. The van der Waals surface area contributed by atoms with Crippen LogP contribution in [0.4, 0.5) is 0 Å². The van der Waals surface area contributed by atoms with Crippen molar-refractivity contribution in [2.45, 2.75) is 59.7 Å². The summed E-state index contributed by atoms with van der Waals surface area (Å²) in [5.41, 5.74) is 1.60. The highest BCUT2D eigenvalue weighted by Crippen LogP contribution is 2.23. The molecule has 2 atom stereocenters. The van der Waals surface area contributed by atoms with Gasteiger partial charge in [-0.25, -0.2) is 9.48 Å². The molecular formula is C22H27ClN4O3. The first-order chi connectivity index (χ1) is 14.0. The van der Waals surface area contributed by atoms with E-state index in [0.29, 0.717) is 12.2 Å². The summed E-state index contributed by atoms with van der Waals surface area (Å²) < 4.78 is 6.83. The number of rotatable bonds is 7. The number of esters is 1. The highest BCUT2D eigenvalue weighted by Gasteiger charge is 2.33. The smallest absolute Gasteiger partial charge is 0.343 e. The SMILES string of the molecule is Cc1ccc(Cn2nc(C)c(C(=O)OC(C)C(=O)NC(C)(C#N)C(C)C)c2Cl)cc1. The Labute approximate surface area is 182 Å². The summed E-state index contributed by atoms with van der Waals surface area (Å²) in [6, 6.07) is 10.00. The molecule has 0 saturated carbocycles. The monoisotopic (exact) mass is 430 g/mol. The van der Waals surface area contributed by atoms with Crippen molar-refractivity contribution < 1.29 is 14.3 Å². The van der Waals surface area contributed by atoms with Gasteiger partial charge in [-0.3, -0.25) is 4.79 Å². The van der Waals surface area contributed by atoms with Crippen molar-refractivity contribution in [2.75, 3.05) is 0 Å². The first kappa shape index (κ1) is 23.4. The second-order valence-electron chi connectivity index (χ2n) is 7.90. The number of carbonyl (C=O) groups excluding carboxylic acids is 2. The number of ether oxygens (including phenoxy) is 1. The van der Waals surface area contributed by atoms with E-state index < -0.39 is 23.5 Å². The minimum Gasteiger partial charge on any atom is -0.449 e. The van der Waals surface area contributed by atoms with Gasteiger partial charge in [0.1, 0.15) is 16.3 Å². The molecule has 0 fully saturated rings. The zero-order valence-electron chi connectivity index (χ0n) is 18.1. The molecule has 160 valence electrons. The summed E-state index contributed by atoms with van der Waals surface area (Å²) >= 11 is 6.40. The average molecular weight is 431 g/mol. The molecule has 0 bridgehead atoms. The summed E-state index contributed by atoms with van der Waals surface area (Å²) in [4.78, 5) is 25.1. The Bertz CT molecular complexity index is 976. The number of aryl methyl sites for hydroxylation is 2. The van der Waals surface area contributed by atoms with Crippen LogP contribution in [0.2, 0.25) is 5.15 Å². The lowest BCUT2D eigenvalue weighted by Crippen LogP contribution is -2.52. The van der Waals surface area contributed by atoms with Crippen LogP contribution >= 0.6 is 11.6 Å². The van der Waals surface area contributed by atoms with E-state index in [1.807, 2.05) is 45.0 Å². The molecule has 0 aliphatic heterocycles. The highest BCUT2D eigenvalue weighted by molar-refractivity contribution is 6.32. The minimum atomic E-state index is -1.10. The number of nitrogens with zero attached hydrogens (tertiary/aromatic N) is 3. The van der Waals surface area contributed by atoms with Crippen LogP contribution in [0.25, 0.3) is 0 Å². The van der Waals surface area contributed by atoms with Crippen LogP contribution in [0, 0.1) is 31.1 Å². The highest BCUT2D eigenvalue weighted by atomic mass is 35.5. The first-order valence-corrected chi connectivity index (χ1v) is 10.1. The summed E-state index contributed by atoms with van der Waals surface area (Å²) in [5.74, 6) is -1.41. The maximum absolute atomic E-state index is 12.7.